The fourth-order valence-corrected chi connectivity index (χ4v) is 2.28. The lowest BCUT2D eigenvalue weighted by atomic mass is 10.1. The van der Waals surface area contributed by atoms with Gasteiger partial charge in [-0.2, -0.15) is 40.9 Å². The summed E-state index contributed by atoms with van der Waals surface area (Å²) in [7, 11) is 0. The number of halogens is 6. The third kappa shape index (κ3) is 4.38. The maximum Gasteiger partial charge on any atom is 0.422 e. The summed E-state index contributed by atoms with van der Waals surface area (Å²) in [5.74, 6) is -0.395. The van der Waals surface area contributed by atoms with Gasteiger partial charge in [0.2, 0.25) is 0 Å². The topological polar surface area (TPSA) is 64.3 Å². The lowest BCUT2D eigenvalue weighted by molar-refractivity contribution is -0.158. The van der Waals surface area contributed by atoms with Crippen molar-refractivity contribution in [2.24, 2.45) is 0 Å². The van der Waals surface area contributed by atoms with Crippen molar-refractivity contribution in [3.8, 4) is 5.75 Å². The SMILES string of the molecule is Cc1cc(Nc2ccc(OCC(F)(F)F)c(C(F)(F)F)c2)n2ncnc2n1. The van der Waals surface area contributed by atoms with Crippen LogP contribution in [0.3, 0.4) is 0 Å². The van der Waals surface area contributed by atoms with E-state index in [1.807, 2.05) is 0 Å². The monoisotopic (exact) mass is 391 g/mol. The molecule has 0 unspecified atom stereocenters. The number of hydrogen-bond acceptors (Lipinski definition) is 5. The number of nitrogens with one attached hydrogen (secondary N) is 1. The Morgan fingerprint density at radius 1 is 1.11 bits per heavy atom. The first-order valence-electron chi connectivity index (χ1n) is 7.38. The van der Waals surface area contributed by atoms with Gasteiger partial charge in [0.25, 0.3) is 5.78 Å². The quantitative estimate of drug-likeness (QED) is 0.678. The number of aryl methyl sites for hydroxylation is 1. The molecule has 0 saturated heterocycles. The highest BCUT2D eigenvalue weighted by molar-refractivity contribution is 5.61. The normalized spacial score (nSPS) is 12.4. The maximum atomic E-state index is 13.2. The largest absolute Gasteiger partial charge is 0.483 e. The lowest BCUT2D eigenvalue weighted by Crippen LogP contribution is -2.21. The number of benzene rings is 1. The first kappa shape index (κ1) is 18.7. The Balaban J connectivity index is 1.95. The van der Waals surface area contributed by atoms with E-state index in [-0.39, 0.29) is 17.3 Å². The molecule has 144 valence electrons. The number of nitrogens with zero attached hydrogens (tertiary/aromatic N) is 4. The molecule has 2 aromatic heterocycles. The Kier molecular flexibility index (Phi) is 4.57. The summed E-state index contributed by atoms with van der Waals surface area (Å²) in [6.45, 7) is -0.166. The molecule has 1 aromatic carbocycles. The van der Waals surface area contributed by atoms with E-state index < -0.39 is 30.3 Å². The fraction of sp³-hybridized carbons (Fsp3) is 0.267. The zero-order valence-electron chi connectivity index (χ0n) is 13.6. The number of rotatable bonds is 4. The van der Waals surface area contributed by atoms with Crippen molar-refractivity contribution in [3.05, 3.63) is 41.9 Å². The Hall–Kier alpha value is -3.05. The summed E-state index contributed by atoms with van der Waals surface area (Å²) in [5.41, 5.74) is -0.819. The van der Waals surface area contributed by atoms with Crippen molar-refractivity contribution < 1.29 is 31.1 Å². The van der Waals surface area contributed by atoms with Gasteiger partial charge in [0.15, 0.2) is 6.61 Å². The summed E-state index contributed by atoms with van der Waals surface area (Å²) in [6, 6.07) is 4.18. The van der Waals surface area contributed by atoms with Gasteiger partial charge in [-0.05, 0) is 25.1 Å². The van der Waals surface area contributed by atoms with Crippen LogP contribution in [-0.2, 0) is 6.18 Å². The first-order valence-corrected chi connectivity index (χ1v) is 7.38. The zero-order valence-corrected chi connectivity index (χ0v) is 13.6. The van der Waals surface area contributed by atoms with Gasteiger partial charge in [-0.1, -0.05) is 0 Å². The van der Waals surface area contributed by atoms with Gasteiger partial charge < -0.3 is 10.1 Å². The highest BCUT2D eigenvalue weighted by atomic mass is 19.4. The number of aromatic nitrogens is 4. The molecule has 2 heterocycles. The van der Waals surface area contributed by atoms with Crippen LogP contribution in [0.25, 0.3) is 5.78 Å². The molecule has 0 saturated carbocycles. The second-order valence-electron chi connectivity index (χ2n) is 5.49. The van der Waals surface area contributed by atoms with Crippen LogP contribution in [0.1, 0.15) is 11.3 Å². The summed E-state index contributed by atoms with van der Waals surface area (Å²) in [4.78, 5) is 7.99. The summed E-state index contributed by atoms with van der Waals surface area (Å²) in [6.07, 6.45) is -8.44. The van der Waals surface area contributed by atoms with Crippen LogP contribution in [0.2, 0.25) is 0 Å². The number of hydrogen-bond donors (Lipinski definition) is 1. The average molecular weight is 391 g/mol. The molecule has 0 atom stereocenters. The van der Waals surface area contributed by atoms with Crippen molar-refractivity contribution in [2.75, 3.05) is 11.9 Å². The highest BCUT2D eigenvalue weighted by Crippen LogP contribution is 2.39. The van der Waals surface area contributed by atoms with Crippen molar-refractivity contribution >= 4 is 17.3 Å². The van der Waals surface area contributed by atoms with E-state index >= 15 is 0 Å². The second kappa shape index (κ2) is 6.59. The lowest BCUT2D eigenvalue weighted by Gasteiger charge is -2.17. The molecule has 12 heteroatoms. The number of ether oxygens (including phenoxy) is 1. The van der Waals surface area contributed by atoms with Crippen LogP contribution in [-0.4, -0.2) is 32.4 Å². The third-order valence-corrected chi connectivity index (χ3v) is 3.33. The predicted octanol–water partition coefficient (Wildman–Crippen LogP) is 4.14. The minimum absolute atomic E-state index is 0.0240. The molecular weight excluding hydrogens is 380 g/mol. The minimum Gasteiger partial charge on any atom is -0.483 e. The van der Waals surface area contributed by atoms with Crippen molar-refractivity contribution in [3.63, 3.8) is 0 Å². The van der Waals surface area contributed by atoms with Crippen molar-refractivity contribution in [1.29, 1.82) is 0 Å². The Morgan fingerprint density at radius 2 is 1.85 bits per heavy atom. The first-order chi connectivity index (χ1) is 12.5. The van der Waals surface area contributed by atoms with Crippen molar-refractivity contribution in [1.82, 2.24) is 19.6 Å². The van der Waals surface area contributed by atoms with Gasteiger partial charge in [0.05, 0.1) is 5.56 Å². The molecule has 0 aliphatic rings. The molecule has 3 rings (SSSR count). The molecule has 0 fully saturated rings. The standard InChI is InChI=1S/C15H11F6N5O/c1-8-4-12(26-13(24-8)22-7-23-26)25-9-2-3-11(27-6-14(16,17)18)10(5-9)15(19,20)21/h2-5,7,25H,6H2,1H3. The average Bonchev–Trinajstić information content (AvgIpc) is 3.00. The number of anilines is 2. The van der Waals surface area contributed by atoms with Gasteiger partial charge in [-0.3, -0.25) is 0 Å². The molecule has 0 amide bonds. The Morgan fingerprint density at radius 3 is 2.52 bits per heavy atom. The van der Waals surface area contributed by atoms with E-state index in [1.165, 1.54) is 23.0 Å². The maximum absolute atomic E-state index is 13.2. The molecule has 27 heavy (non-hydrogen) atoms. The van der Waals surface area contributed by atoms with Gasteiger partial charge in [-0.15, -0.1) is 0 Å². The smallest absolute Gasteiger partial charge is 0.422 e. The van der Waals surface area contributed by atoms with Crippen LogP contribution < -0.4 is 10.1 Å². The minimum atomic E-state index is -4.91. The van der Waals surface area contributed by atoms with E-state index in [1.54, 1.807) is 6.92 Å². The molecule has 0 spiro atoms. The van der Waals surface area contributed by atoms with Crippen LogP contribution in [0.5, 0.6) is 5.75 Å². The molecule has 0 aliphatic carbocycles. The van der Waals surface area contributed by atoms with Crippen molar-refractivity contribution in [2.45, 2.75) is 19.3 Å². The molecule has 0 radical (unpaired) electrons. The third-order valence-electron chi connectivity index (χ3n) is 3.33. The van der Waals surface area contributed by atoms with E-state index in [4.69, 9.17) is 0 Å². The zero-order chi connectivity index (χ0) is 19.8. The summed E-state index contributed by atoms with van der Waals surface area (Å²) < 4.78 is 82.0. The van der Waals surface area contributed by atoms with E-state index in [2.05, 4.69) is 25.1 Å². The molecule has 1 N–H and O–H groups in total. The van der Waals surface area contributed by atoms with Crippen LogP contribution in [0, 0.1) is 6.92 Å². The highest BCUT2D eigenvalue weighted by Gasteiger charge is 2.36. The van der Waals surface area contributed by atoms with Gasteiger partial charge >= 0.3 is 12.4 Å². The number of fused-ring (bicyclic) bond motifs is 1. The number of alkyl halides is 6. The van der Waals surface area contributed by atoms with Gasteiger partial charge in [-0.25, -0.2) is 4.98 Å². The van der Waals surface area contributed by atoms with Crippen LogP contribution in [0.4, 0.5) is 37.8 Å². The van der Waals surface area contributed by atoms with Gasteiger partial charge in [0.1, 0.15) is 17.9 Å². The summed E-state index contributed by atoms with van der Waals surface area (Å²) >= 11 is 0. The fourth-order valence-electron chi connectivity index (χ4n) is 2.28. The summed E-state index contributed by atoms with van der Waals surface area (Å²) in [5, 5.41) is 6.64. The van der Waals surface area contributed by atoms with E-state index in [0.717, 1.165) is 6.07 Å². The second-order valence-corrected chi connectivity index (χ2v) is 5.49. The molecule has 6 nitrogen and oxygen atoms in total. The molecule has 3 aromatic rings. The molecule has 0 bridgehead atoms. The predicted molar refractivity (Wildman–Crippen MR) is 81.8 cm³/mol. The Bertz CT molecular complexity index is 965. The Labute approximate surface area is 147 Å². The van der Waals surface area contributed by atoms with Crippen LogP contribution >= 0.6 is 0 Å². The molecule has 0 aliphatic heterocycles. The van der Waals surface area contributed by atoms with Crippen LogP contribution in [0.15, 0.2) is 30.6 Å². The van der Waals surface area contributed by atoms with E-state index in [9.17, 15) is 26.3 Å². The van der Waals surface area contributed by atoms with Gasteiger partial charge in [0, 0.05) is 17.4 Å². The molecular formula is C15H11F6N5O. The van der Waals surface area contributed by atoms with E-state index in [0.29, 0.717) is 11.8 Å².